The third-order valence-corrected chi connectivity index (χ3v) is 30.5. The van der Waals surface area contributed by atoms with Crippen LogP contribution in [0.25, 0.3) is 0 Å². The fourth-order valence-corrected chi connectivity index (χ4v) is 21.3. The number of ether oxygens (including phenoxy) is 2. The fraction of sp³-hybridized carbons (Fsp3) is 0.567. The van der Waals surface area contributed by atoms with Gasteiger partial charge in [0.05, 0.1) is 24.4 Å². The van der Waals surface area contributed by atoms with Gasteiger partial charge in [0.25, 0.3) is 16.6 Å². The van der Waals surface area contributed by atoms with E-state index < -0.39 is 25.0 Å². The normalized spacial score (nSPS) is 16.6. The van der Waals surface area contributed by atoms with Crippen molar-refractivity contribution in [3.8, 4) is 0 Å². The van der Waals surface area contributed by atoms with Crippen LogP contribution in [0.2, 0.25) is 28.2 Å². The molecule has 10 heteroatoms. The molecule has 70 heavy (non-hydrogen) atoms. The molecule has 0 aliphatic carbocycles. The molecule has 386 valence electrons. The second-order valence-electron chi connectivity index (χ2n) is 23.8. The van der Waals surface area contributed by atoms with Crippen LogP contribution in [0.15, 0.2) is 121 Å². The molecule has 0 N–H and O–H groups in total. The summed E-state index contributed by atoms with van der Waals surface area (Å²) in [6.45, 7) is 34.5. The van der Waals surface area contributed by atoms with Gasteiger partial charge in [-0.15, -0.1) is 0 Å². The number of benzene rings is 4. The van der Waals surface area contributed by atoms with Crippen LogP contribution in [0.3, 0.4) is 0 Å². The second kappa shape index (κ2) is 25.6. The van der Waals surface area contributed by atoms with Crippen molar-refractivity contribution in [2.45, 2.75) is 175 Å². The highest BCUT2D eigenvalue weighted by molar-refractivity contribution is 7.00. The summed E-state index contributed by atoms with van der Waals surface area (Å²) in [4.78, 5) is 26.8. The lowest BCUT2D eigenvalue weighted by Gasteiger charge is -2.47. The third kappa shape index (κ3) is 14.0. The number of ketones is 1. The maximum atomic E-state index is 14.7. The quantitative estimate of drug-likeness (QED) is 0.0435. The molecule has 0 radical (unpaired) electrons. The van der Waals surface area contributed by atoms with Crippen LogP contribution in [0.5, 0.6) is 0 Å². The highest BCUT2D eigenvalue weighted by Crippen LogP contribution is 2.43. The predicted octanol–water partition coefficient (Wildman–Crippen LogP) is 12.2. The van der Waals surface area contributed by atoms with E-state index in [1.165, 1.54) is 20.7 Å². The molecule has 0 fully saturated rings. The maximum absolute atomic E-state index is 14.7. The Morgan fingerprint density at radius 2 is 0.957 bits per heavy atom. The molecule has 0 heterocycles. The lowest BCUT2D eigenvalue weighted by molar-refractivity contribution is -0.127. The van der Waals surface area contributed by atoms with Crippen LogP contribution in [-0.2, 0) is 32.3 Å². The molecule has 0 unspecified atom stereocenters. The molecule has 0 amide bonds. The lowest BCUT2D eigenvalue weighted by atomic mass is 9.84. The number of carbonyl (C=O) groups is 2. The zero-order valence-electron chi connectivity index (χ0n) is 46.3. The molecule has 4 aromatic rings. The van der Waals surface area contributed by atoms with Gasteiger partial charge in [0.15, 0.2) is 8.32 Å². The van der Waals surface area contributed by atoms with E-state index in [1.54, 1.807) is 14.2 Å². The van der Waals surface area contributed by atoms with Crippen LogP contribution < -0.4 is 20.7 Å². The van der Waals surface area contributed by atoms with Crippen molar-refractivity contribution in [2.24, 2.45) is 23.7 Å². The molecule has 4 rings (SSSR count). The number of hydrogen-bond donors (Lipinski definition) is 0. The molecular weight excluding hydrogens is 917 g/mol. The van der Waals surface area contributed by atoms with E-state index in [1.807, 2.05) is 0 Å². The van der Waals surface area contributed by atoms with Crippen molar-refractivity contribution in [3.05, 3.63) is 121 Å². The monoisotopic (exact) mass is 1010 g/mol. The number of aldehydes is 1. The average Bonchev–Trinajstić information content (AvgIpc) is 3.32. The molecule has 0 aromatic heterocycles. The summed E-state index contributed by atoms with van der Waals surface area (Å²) >= 11 is 0. The number of rotatable bonds is 27. The highest BCUT2D eigenvalue weighted by Gasteiger charge is 2.53. The highest BCUT2D eigenvalue weighted by atomic mass is 28.4. The first-order chi connectivity index (χ1) is 32.8. The molecule has 0 bridgehead atoms. The second-order valence-corrected chi connectivity index (χ2v) is 37.1. The van der Waals surface area contributed by atoms with Crippen LogP contribution in [0.4, 0.5) is 0 Å². The van der Waals surface area contributed by atoms with Crippen molar-refractivity contribution in [2.75, 3.05) is 20.8 Å². The molecule has 0 aliphatic heterocycles. The lowest BCUT2D eigenvalue weighted by Crippen LogP contribution is -2.68. The van der Waals surface area contributed by atoms with Gasteiger partial charge in [0.1, 0.15) is 12.1 Å². The van der Waals surface area contributed by atoms with Gasteiger partial charge in [0.2, 0.25) is 0 Å². The molecule has 0 aliphatic rings. The van der Waals surface area contributed by atoms with Gasteiger partial charge in [-0.1, -0.05) is 211 Å². The smallest absolute Gasteiger partial charge is 0.261 e. The first-order valence-electron chi connectivity index (χ1n) is 26.1. The first-order valence-corrected chi connectivity index (χ1v) is 32.8. The number of carbonyl (C=O) groups excluding carboxylic acids is 2. The molecule has 0 saturated heterocycles. The van der Waals surface area contributed by atoms with Crippen molar-refractivity contribution < 1.29 is 32.3 Å². The van der Waals surface area contributed by atoms with Crippen LogP contribution >= 0.6 is 0 Å². The largest absolute Gasteiger partial charge is 0.413 e. The molecule has 4 aromatic carbocycles. The Bertz CT molecular complexity index is 2070. The molecule has 0 saturated carbocycles. The van der Waals surface area contributed by atoms with E-state index in [9.17, 15) is 9.59 Å². The number of methoxy groups -OCH3 is 2. The first kappa shape index (κ1) is 59.2. The van der Waals surface area contributed by atoms with Crippen LogP contribution in [0.1, 0.15) is 122 Å². The summed E-state index contributed by atoms with van der Waals surface area (Å²) in [5.41, 5.74) is 0. The van der Waals surface area contributed by atoms with Gasteiger partial charge in [-0.3, -0.25) is 4.79 Å². The van der Waals surface area contributed by atoms with E-state index in [4.69, 9.17) is 22.8 Å². The molecule has 7 nitrogen and oxygen atoms in total. The standard InChI is InChI=1S/C60H92O7Si3/c1-45(55(64-15)44-56(48(4)54(63-14)40-42-61)66-70(60(11,12)13,51-34-26-20-27-35-51)52-36-28-21-29-37-52)38-39-53(62)47(3)57(67-68(16,17)58(5,6)7)46(2)41-43-65-69(59(8,9)10,49-30-22-18-23-31-49)50-32-24-19-25-33-50/h18-37,42,45-48,54-57H,38-41,43-44H2,1-17H3/t45-,46+,47-,48-,54+,55+,56+,57+/m0/s1. The minimum atomic E-state index is -3.01. The predicted molar refractivity (Wildman–Crippen MR) is 301 cm³/mol. The van der Waals surface area contributed by atoms with E-state index in [2.05, 4.69) is 224 Å². The average molecular weight is 1010 g/mol. The van der Waals surface area contributed by atoms with Gasteiger partial charge < -0.3 is 27.5 Å². The van der Waals surface area contributed by atoms with Crippen molar-refractivity contribution in [1.82, 2.24) is 0 Å². The van der Waals surface area contributed by atoms with E-state index in [0.717, 1.165) is 12.7 Å². The Balaban J connectivity index is 1.63. The van der Waals surface area contributed by atoms with Crippen LogP contribution in [0, 0.1) is 23.7 Å². The Labute approximate surface area is 428 Å². The summed E-state index contributed by atoms with van der Waals surface area (Å²) in [5, 5.41) is 4.48. The summed E-state index contributed by atoms with van der Waals surface area (Å²) in [6.07, 6.45) is 2.46. The van der Waals surface area contributed by atoms with Gasteiger partial charge >= 0.3 is 0 Å². The van der Waals surface area contributed by atoms with E-state index in [0.29, 0.717) is 25.9 Å². The van der Waals surface area contributed by atoms with Crippen molar-refractivity contribution >= 4 is 57.8 Å². The summed E-state index contributed by atoms with van der Waals surface area (Å²) < 4.78 is 35.0. The minimum absolute atomic E-state index is 0.0303. The topological polar surface area (TPSA) is 80.3 Å². The summed E-state index contributed by atoms with van der Waals surface area (Å²) in [7, 11) is -4.60. The molecule has 0 spiro atoms. The summed E-state index contributed by atoms with van der Waals surface area (Å²) in [6, 6.07) is 43.0. The molecule has 8 atom stereocenters. The van der Waals surface area contributed by atoms with Gasteiger partial charge in [0, 0.05) is 45.5 Å². The Morgan fingerprint density at radius 3 is 1.33 bits per heavy atom. The van der Waals surface area contributed by atoms with Crippen molar-refractivity contribution in [1.29, 1.82) is 0 Å². The minimum Gasteiger partial charge on any atom is -0.413 e. The molecular formula is C60H92O7Si3. The van der Waals surface area contributed by atoms with Crippen molar-refractivity contribution in [3.63, 3.8) is 0 Å². The summed E-state index contributed by atoms with van der Waals surface area (Å²) in [5.74, 6) is -0.149. The third-order valence-electron chi connectivity index (χ3n) is 15.9. The van der Waals surface area contributed by atoms with E-state index >= 15 is 0 Å². The van der Waals surface area contributed by atoms with Crippen LogP contribution in [-0.4, -0.2) is 82.3 Å². The Hall–Kier alpha value is -3.33. The maximum Gasteiger partial charge on any atom is 0.261 e. The zero-order chi connectivity index (χ0) is 52.1. The number of hydrogen-bond acceptors (Lipinski definition) is 7. The Kier molecular flexibility index (Phi) is 21.6. The zero-order valence-corrected chi connectivity index (χ0v) is 49.3. The fourth-order valence-electron chi connectivity index (χ4n) is 10.5. The number of Topliss-reactive ketones (excluding diaryl/α,β-unsaturated/α-hetero) is 1. The van der Waals surface area contributed by atoms with Gasteiger partial charge in [-0.05, 0) is 80.1 Å². The van der Waals surface area contributed by atoms with Gasteiger partial charge in [-0.25, -0.2) is 0 Å². The Morgan fingerprint density at radius 1 is 0.543 bits per heavy atom. The van der Waals surface area contributed by atoms with Gasteiger partial charge in [-0.2, -0.15) is 0 Å². The SMILES string of the molecule is CO[C@H](CC=O)[C@H](C)[C@@H](C[C@@H](OC)[C@@H](C)CCC(=O)[C@H](C)[C@H](O[Si](C)(C)C(C)(C)C)[C@H](C)CCO[Si](c1ccccc1)(c1ccccc1)C(C)(C)C)O[Si](c1ccccc1)(c1ccccc1)C(C)(C)C. The van der Waals surface area contributed by atoms with E-state index in [-0.39, 0.29) is 75.4 Å².